The normalized spacial score (nSPS) is 30.8. The molecule has 742 valence electrons. The van der Waals surface area contributed by atoms with Crippen LogP contribution in [0.3, 0.4) is 0 Å². The smallest absolute Gasteiger partial charge is 0.463 e. The third kappa shape index (κ3) is 31.0. The predicted molar refractivity (Wildman–Crippen MR) is 515 cm³/mol. The van der Waals surface area contributed by atoms with Crippen LogP contribution < -0.4 is 5.46 Å². The number of terminal acetylenes is 2. The number of ether oxygens (including phenoxy) is 11. The van der Waals surface area contributed by atoms with Crippen LogP contribution in [0.4, 0.5) is 0 Å². The van der Waals surface area contributed by atoms with E-state index in [9.17, 15) is 54.3 Å². The maximum atomic E-state index is 12.6. The fourth-order valence-electron chi connectivity index (χ4n) is 18.1. The summed E-state index contributed by atoms with van der Waals surface area (Å²) in [5.74, 6) is 6.23. The molecule has 131 heavy (non-hydrogen) atoms. The van der Waals surface area contributed by atoms with Crippen LogP contribution in [-0.2, 0) is 99.0 Å². The number of benzene rings is 2. The molecule has 0 aromatic heterocycles. The summed E-state index contributed by atoms with van der Waals surface area (Å²) in [7, 11) is -6.18. The van der Waals surface area contributed by atoms with Gasteiger partial charge < -0.3 is 101 Å². The molecule has 0 unspecified atom stereocenters. The molecule has 0 bridgehead atoms. The van der Waals surface area contributed by atoms with Gasteiger partial charge in [-0.15, -0.1) is 18.4 Å². The molecule has 6 N–H and O–H groups in total. The lowest BCUT2D eigenvalue weighted by molar-refractivity contribution is -0.254. The Morgan fingerprint density at radius 2 is 0.847 bits per heavy atom. The van der Waals surface area contributed by atoms with E-state index < -0.39 is 158 Å². The van der Waals surface area contributed by atoms with Crippen molar-refractivity contribution >= 4 is 89.0 Å². The van der Waals surface area contributed by atoms with Crippen molar-refractivity contribution in [1.82, 2.24) is 0 Å². The first kappa shape index (κ1) is 118. The van der Waals surface area contributed by atoms with E-state index in [4.69, 9.17) is 88.2 Å². The first-order chi connectivity index (χ1) is 60.3. The number of carbonyl (C=O) groups excluding carboxylic acids is 6. The molecule has 0 radical (unpaired) electrons. The van der Waals surface area contributed by atoms with Crippen LogP contribution in [0.15, 0.2) is 53.0 Å². The lowest BCUT2D eigenvalue weighted by atomic mass is 9.77. The van der Waals surface area contributed by atoms with Crippen LogP contribution in [0.5, 0.6) is 0 Å². The van der Waals surface area contributed by atoms with Gasteiger partial charge in [-0.05, 0) is 161 Å². The molecule has 32 heteroatoms. The van der Waals surface area contributed by atoms with Gasteiger partial charge in [-0.3, -0.25) is 28.8 Å². The first-order valence-corrected chi connectivity index (χ1v) is 55.1. The summed E-state index contributed by atoms with van der Waals surface area (Å²) in [5, 5.41) is 56.4. The van der Waals surface area contributed by atoms with Crippen LogP contribution in [-0.4, -0.2) is 246 Å². The van der Waals surface area contributed by atoms with Gasteiger partial charge in [-0.25, -0.2) is 0 Å². The Morgan fingerprint density at radius 1 is 0.450 bits per heavy atom. The van der Waals surface area contributed by atoms with Crippen LogP contribution in [0.25, 0.3) is 0 Å². The van der Waals surface area contributed by atoms with E-state index >= 15 is 0 Å². The van der Waals surface area contributed by atoms with Crippen LogP contribution in [0.2, 0.25) is 52.9 Å². The maximum absolute atomic E-state index is 12.6. The standard InChI is InChI=1S/C26H35BO11.C24H35BrO5.C22H44O3Si2.C19H36O3Si.C8H12O5/c1-14(28)32-13-20-22(33-15(2)29)24(35-17(4)31)23(34-16(3)30)21(36-20)18-10-9-11-19(12-18)27-37-25(5,6)26(7,8)38-27;1-14-15(2)20(30-22(27)24(6,7)8)18(13-28-21(26)23(3,4)5)29-19(14)16-9-11-17(25)12-10-16;1-15(2)27(16(3)4,17(5)6)25-22-19(8)18(7)20(24-21(22)14-23)12-13-26(9,10)11;1-10-17-15(8)16(9)19(18(11-20)21-17)22-23(12(2)3,13(4)5)14(6)7;1-2-4-6(10)8(12)7(11)5(3-9)13-4/h9-12,20-24H,13H2,1-8H3;9-12,14-15,18-20H,13H2,1-8H3;15-23H,14H2,1-11H3;1,12-20H,11H2,2-9H3;1,4-12H,3H2/t20-,21-,22-,23-,24+;14-,15+,18+,19-,20-;18-,19+,20+,21+,22-;15-,16+,17+,18+,19-;4-,5-,6-,7-,8-/m10001/s1. The molecule has 6 heterocycles. The summed E-state index contributed by atoms with van der Waals surface area (Å²) in [6.45, 7) is 69.9. The molecular weight excluding hydrogens is 1800 g/mol. The van der Waals surface area contributed by atoms with E-state index in [0.717, 1.165) is 10.0 Å². The zero-order valence-electron chi connectivity index (χ0n) is 84.9. The Labute approximate surface area is 795 Å². The van der Waals surface area contributed by atoms with E-state index in [1.165, 1.54) is 27.7 Å². The van der Waals surface area contributed by atoms with Crippen molar-refractivity contribution in [2.75, 3.05) is 33.0 Å². The Balaban J connectivity index is 0.000000354. The second-order valence-electron chi connectivity index (χ2n) is 42.1. The Hall–Kier alpha value is -5.46. The molecule has 6 aliphatic rings. The minimum Gasteiger partial charge on any atom is -0.463 e. The minimum atomic E-state index is -2.04. The predicted octanol–water partition coefficient (Wildman–Crippen LogP) is 14.6. The van der Waals surface area contributed by atoms with E-state index in [1.807, 2.05) is 99.6 Å². The highest BCUT2D eigenvalue weighted by Gasteiger charge is 2.58. The number of hydrogen-bond acceptors (Lipinski definition) is 27. The summed E-state index contributed by atoms with van der Waals surface area (Å²) in [4.78, 5) is 72.7. The highest BCUT2D eigenvalue weighted by atomic mass is 79.9. The molecule has 0 spiro atoms. The van der Waals surface area contributed by atoms with Gasteiger partial charge in [0.2, 0.25) is 16.6 Å². The van der Waals surface area contributed by atoms with E-state index in [1.54, 1.807) is 18.2 Å². The highest BCUT2D eigenvalue weighted by molar-refractivity contribution is 9.10. The fourth-order valence-corrected chi connectivity index (χ4v) is 30.3. The van der Waals surface area contributed by atoms with E-state index in [-0.39, 0.29) is 105 Å². The average molecular weight is 1960 g/mol. The SMILES string of the molecule is C#C[C@H]1O[C@H](CO)[C@@H](O)[C@H](O)[C@@H]1O.C#C[C@H]1O[C@H](CO)[C@@H](O[Si](C(C)C)(C(C)C)C(C)C)[C@H](C)[C@@H]1C.CC(=O)OC[C@H]1O[C@H](c2cccc(B3OC(C)(C)C(C)(C)O3)c2)[C@@H](OC(C)=O)[C@@H](OC(C)=O)[C@@H]1OC(C)=O.CC(C)[Si](O[C@H]1[C@H](C)[C@H](C)[C@@H](C#C[Si](C)(C)C)O[C@@H]1CO)(C(C)C)C(C)C.C[C@@H]1[C@H](C)[C@@H](c2ccc(Br)cc2)O[C@H](COC(=O)C(C)(C)C)[C@H]1OC(=O)C(C)(C)C. The molecule has 25 atom stereocenters. The van der Waals surface area contributed by atoms with E-state index in [0.29, 0.717) is 56.1 Å². The van der Waals surface area contributed by atoms with Crippen LogP contribution in [0, 0.1) is 82.5 Å². The Bertz CT molecular complexity index is 4050. The van der Waals surface area contributed by atoms with Gasteiger partial charge in [0.05, 0.1) is 60.2 Å². The highest BCUT2D eigenvalue weighted by Crippen LogP contribution is 2.50. The van der Waals surface area contributed by atoms with Gasteiger partial charge in [0.25, 0.3) is 0 Å². The third-order valence-corrected chi connectivity index (χ3v) is 40.2. The Kier molecular flexibility index (Phi) is 45.2. The lowest BCUT2D eigenvalue weighted by Gasteiger charge is -2.50. The van der Waals surface area contributed by atoms with Crippen molar-refractivity contribution in [2.24, 2.45) is 46.3 Å². The van der Waals surface area contributed by atoms with Gasteiger partial charge in [0, 0.05) is 38.1 Å². The molecule has 0 amide bonds. The molecule has 6 saturated heterocycles. The van der Waals surface area contributed by atoms with Gasteiger partial charge in [0.1, 0.15) is 101 Å². The van der Waals surface area contributed by atoms with Crippen molar-refractivity contribution in [3.63, 3.8) is 0 Å². The maximum Gasteiger partial charge on any atom is 0.494 e. The average Bonchev–Trinajstić information content (AvgIpc) is 1.74. The summed E-state index contributed by atoms with van der Waals surface area (Å²) in [6.07, 6.45) is -3.36. The zero-order chi connectivity index (χ0) is 100. The number of halogens is 1. The number of esters is 6. The van der Waals surface area contributed by atoms with E-state index in [2.05, 4.69) is 184 Å². The summed E-state index contributed by atoms with van der Waals surface area (Å²) < 4.78 is 90.4. The first-order valence-electron chi connectivity index (χ1n) is 46.5. The summed E-state index contributed by atoms with van der Waals surface area (Å²) in [6, 6.07) is 15.1. The lowest BCUT2D eigenvalue weighted by Crippen LogP contribution is -2.59. The quantitative estimate of drug-likeness (QED) is 0.0246. The fraction of sp³-hybridized carbons (Fsp3) is 0.758. The number of hydrogen-bond donors (Lipinski definition) is 6. The number of aliphatic hydroxyl groups excluding tert-OH is 6. The molecule has 6 aliphatic heterocycles. The minimum absolute atomic E-state index is 0.00831. The van der Waals surface area contributed by atoms with Crippen LogP contribution in [0.1, 0.15) is 245 Å². The van der Waals surface area contributed by atoms with Gasteiger partial charge in [0.15, 0.2) is 18.3 Å². The number of carbonyl (C=O) groups is 6. The van der Waals surface area contributed by atoms with Gasteiger partial charge >= 0.3 is 42.9 Å². The molecule has 2 aromatic rings. The van der Waals surface area contributed by atoms with Crippen molar-refractivity contribution < 1.29 is 130 Å². The van der Waals surface area contributed by atoms with Crippen molar-refractivity contribution in [3.05, 3.63) is 64.1 Å². The molecule has 0 saturated carbocycles. The van der Waals surface area contributed by atoms with Gasteiger partial charge in [-0.1, -0.05) is 214 Å². The molecule has 6 fully saturated rings. The summed E-state index contributed by atoms with van der Waals surface area (Å²) in [5.41, 5.74) is 6.44. The Morgan fingerprint density at radius 3 is 1.26 bits per heavy atom. The largest absolute Gasteiger partial charge is 0.494 e. The van der Waals surface area contributed by atoms with Crippen molar-refractivity contribution in [1.29, 1.82) is 0 Å². The third-order valence-electron chi connectivity index (χ3n) is 26.6. The molecule has 27 nitrogen and oxygen atoms in total. The number of aliphatic hydroxyl groups is 6. The molecule has 8 rings (SSSR count). The monoisotopic (exact) mass is 1960 g/mol. The summed E-state index contributed by atoms with van der Waals surface area (Å²) >= 11 is 3.47. The second-order valence-corrected chi connectivity index (χ2v) is 58.6. The second kappa shape index (κ2) is 50.2. The van der Waals surface area contributed by atoms with Gasteiger partial charge in [-0.2, -0.15) is 0 Å². The molecule has 0 aliphatic carbocycles. The molecular formula is C99H162BBrO27Si3. The van der Waals surface area contributed by atoms with Crippen LogP contribution >= 0.6 is 15.9 Å². The number of rotatable bonds is 24. The van der Waals surface area contributed by atoms with Crippen molar-refractivity contribution in [3.8, 4) is 36.2 Å². The topological polar surface area (TPSA) is 362 Å². The zero-order valence-corrected chi connectivity index (χ0v) is 89.5. The van der Waals surface area contributed by atoms with Crippen molar-refractivity contribution in [2.45, 2.75) is 402 Å². The molecule has 2 aromatic carbocycles.